The van der Waals surface area contributed by atoms with E-state index in [1.54, 1.807) is 6.07 Å². The Balaban J connectivity index is 2.14. The van der Waals surface area contributed by atoms with Crippen molar-refractivity contribution >= 4 is 17.7 Å². The van der Waals surface area contributed by atoms with Gasteiger partial charge in [0.15, 0.2) is 0 Å². The molecule has 0 atom stereocenters. The van der Waals surface area contributed by atoms with Gasteiger partial charge in [-0.2, -0.15) is 0 Å². The van der Waals surface area contributed by atoms with Gasteiger partial charge >= 0.3 is 5.97 Å². The van der Waals surface area contributed by atoms with Gasteiger partial charge in [0, 0.05) is 30.4 Å². The van der Waals surface area contributed by atoms with Crippen molar-refractivity contribution in [3.05, 3.63) is 35.7 Å². The zero-order chi connectivity index (χ0) is 15.2. The van der Waals surface area contributed by atoms with Gasteiger partial charge in [-0.15, -0.1) is 0 Å². The molecule has 1 saturated heterocycles. The molecule has 0 unspecified atom stereocenters. The first kappa shape index (κ1) is 15.5. The van der Waals surface area contributed by atoms with Crippen molar-refractivity contribution < 1.29 is 14.3 Å². The maximum absolute atomic E-state index is 13.4. The van der Waals surface area contributed by atoms with Gasteiger partial charge in [0.05, 0.1) is 0 Å². The Hall–Kier alpha value is -1.84. The molecule has 0 spiro atoms. The molecule has 1 aliphatic rings. The third-order valence-corrected chi connectivity index (χ3v) is 4.05. The van der Waals surface area contributed by atoms with E-state index in [4.69, 9.17) is 5.11 Å². The minimum Gasteiger partial charge on any atom is -0.478 e. The number of aliphatic carboxylic acids is 1. The Morgan fingerprint density at radius 3 is 2.76 bits per heavy atom. The Bertz CT molecular complexity index is 520. The molecular formula is C17H22FNO2. The number of carboxylic acid groups (broad SMARTS) is 1. The zero-order valence-electron chi connectivity index (χ0n) is 12.4. The quantitative estimate of drug-likeness (QED) is 0.835. The predicted molar refractivity (Wildman–Crippen MR) is 82.9 cm³/mol. The number of carboxylic acids is 1. The van der Waals surface area contributed by atoms with Gasteiger partial charge < -0.3 is 10.0 Å². The van der Waals surface area contributed by atoms with Crippen molar-refractivity contribution in [1.82, 2.24) is 0 Å². The van der Waals surface area contributed by atoms with Crippen LogP contribution in [0.3, 0.4) is 0 Å². The number of anilines is 1. The monoisotopic (exact) mass is 291 g/mol. The maximum atomic E-state index is 13.4. The van der Waals surface area contributed by atoms with Gasteiger partial charge in [0.1, 0.15) is 5.82 Å². The molecule has 114 valence electrons. The lowest BCUT2D eigenvalue weighted by Gasteiger charge is -2.34. The van der Waals surface area contributed by atoms with E-state index < -0.39 is 5.97 Å². The number of hydrogen-bond acceptors (Lipinski definition) is 2. The smallest absolute Gasteiger partial charge is 0.328 e. The fourth-order valence-corrected chi connectivity index (χ4v) is 2.98. The van der Waals surface area contributed by atoms with Gasteiger partial charge in [-0.3, -0.25) is 0 Å². The van der Waals surface area contributed by atoms with Crippen LogP contribution in [0.2, 0.25) is 0 Å². The van der Waals surface area contributed by atoms with Gasteiger partial charge in [-0.1, -0.05) is 19.8 Å². The summed E-state index contributed by atoms with van der Waals surface area (Å²) in [5.41, 5.74) is 1.55. The van der Waals surface area contributed by atoms with Crippen molar-refractivity contribution in [3.63, 3.8) is 0 Å². The SMILES string of the molecule is CCCC1CCN(c2ccc(F)cc2C=CC(=O)O)CC1. The molecule has 4 heteroatoms. The molecule has 1 aliphatic heterocycles. The first-order valence-corrected chi connectivity index (χ1v) is 7.55. The van der Waals surface area contributed by atoms with Crippen LogP contribution in [-0.4, -0.2) is 24.2 Å². The van der Waals surface area contributed by atoms with E-state index in [0.29, 0.717) is 5.56 Å². The van der Waals surface area contributed by atoms with Crippen molar-refractivity contribution in [2.45, 2.75) is 32.6 Å². The number of hydrogen-bond donors (Lipinski definition) is 1. The average Bonchev–Trinajstić information content (AvgIpc) is 2.46. The second kappa shape index (κ2) is 7.25. The molecule has 1 aromatic rings. The van der Waals surface area contributed by atoms with Crippen LogP contribution in [-0.2, 0) is 4.79 Å². The lowest BCUT2D eigenvalue weighted by Crippen LogP contribution is -2.34. The normalized spacial score (nSPS) is 16.6. The first-order chi connectivity index (χ1) is 10.1. The molecule has 1 fully saturated rings. The van der Waals surface area contributed by atoms with Gasteiger partial charge in [-0.05, 0) is 43.0 Å². The Labute approximate surface area is 125 Å². The molecule has 0 radical (unpaired) electrons. The Morgan fingerprint density at radius 1 is 1.43 bits per heavy atom. The second-order valence-corrected chi connectivity index (χ2v) is 5.59. The number of carbonyl (C=O) groups is 1. The van der Waals surface area contributed by atoms with Gasteiger partial charge in [0.25, 0.3) is 0 Å². The van der Waals surface area contributed by atoms with Crippen LogP contribution in [0.1, 0.15) is 38.2 Å². The lowest BCUT2D eigenvalue weighted by atomic mass is 9.92. The summed E-state index contributed by atoms with van der Waals surface area (Å²) < 4.78 is 13.4. The highest BCUT2D eigenvalue weighted by Crippen LogP contribution is 2.29. The van der Waals surface area contributed by atoms with Crippen LogP contribution >= 0.6 is 0 Å². The standard InChI is InChI=1S/C17H22FNO2/c1-2-3-13-8-10-19(11-9-13)16-6-5-15(18)12-14(16)4-7-17(20)21/h4-7,12-13H,2-3,8-11H2,1H3,(H,20,21). The van der Waals surface area contributed by atoms with E-state index in [9.17, 15) is 9.18 Å². The molecule has 1 N–H and O–H groups in total. The topological polar surface area (TPSA) is 40.5 Å². The van der Waals surface area contributed by atoms with Gasteiger partial charge in [-0.25, -0.2) is 9.18 Å². The second-order valence-electron chi connectivity index (χ2n) is 5.59. The van der Waals surface area contributed by atoms with E-state index >= 15 is 0 Å². The molecule has 0 amide bonds. The van der Waals surface area contributed by atoms with E-state index in [-0.39, 0.29) is 5.82 Å². The van der Waals surface area contributed by atoms with Crippen molar-refractivity contribution in [2.75, 3.05) is 18.0 Å². The molecule has 0 saturated carbocycles. The highest BCUT2D eigenvalue weighted by Gasteiger charge is 2.20. The Kier molecular flexibility index (Phi) is 5.37. The molecule has 21 heavy (non-hydrogen) atoms. The van der Waals surface area contributed by atoms with Crippen LogP contribution in [0, 0.1) is 11.7 Å². The number of rotatable bonds is 5. The average molecular weight is 291 g/mol. The number of piperidine rings is 1. The number of halogens is 1. The van der Waals surface area contributed by atoms with Crippen LogP contribution in [0.15, 0.2) is 24.3 Å². The van der Waals surface area contributed by atoms with Crippen LogP contribution in [0.25, 0.3) is 6.08 Å². The van der Waals surface area contributed by atoms with Crippen molar-refractivity contribution in [2.24, 2.45) is 5.92 Å². The van der Waals surface area contributed by atoms with Gasteiger partial charge in [0.2, 0.25) is 0 Å². The minimum absolute atomic E-state index is 0.343. The van der Waals surface area contributed by atoms with E-state index in [1.807, 2.05) is 0 Å². The van der Waals surface area contributed by atoms with E-state index in [2.05, 4.69) is 11.8 Å². The highest BCUT2D eigenvalue weighted by molar-refractivity contribution is 5.87. The molecular weight excluding hydrogens is 269 g/mol. The van der Waals surface area contributed by atoms with Crippen LogP contribution < -0.4 is 4.90 Å². The summed E-state index contributed by atoms with van der Waals surface area (Å²) in [4.78, 5) is 12.9. The third kappa shape index (κ3) is 4.31. The fourth-order valence-electron chi connectivity index (χ4n) is 2.98. The minimum atomic E-state index is -1.02. The van der Waals surface area contributed by atoms with Crippen molar-refractivity contribution in [1.29, 1.82) is 0 Å². The van der Waals surface area contributed by atoms with Crippen LogP contribution in [0.5, 0.6) is 0 Å². The summed E-state index contributed by atoms with van der Waals surface area (Å²) in [5, 5.41) is 8.74. The number of nitrogens with zero attached hydrogens (tertiary/aromatic N) is 1. The zero-order valence-corrected chi connectivity index (χ0v) is 12.4. The molecule has 2 rings (SSSR count). The molecule has 0 bridgehead atoms. The number of benzene rings is 1. The molecule has 1 heterocycles. The predicted octanol–water partition coefficient (Wildman–Crippen LogP) is 3.94. The summed E-state index contributed by atoms with van der Waals surface area (Å²) in [7, 11) is 0. The summed E-state index contributed by atoms with van der Waals surface area (Å²) >= 11 is 0. The first-order valence-electron chi connectivity index (χ1n) is 7.55. The molecule has 1 aromatic carbocycles. The third-order valence-electron chi connectivity index (χ3n) is 4.05. The fraction of sp³-hybridized carbons (Fsp3) is 0.471. The summed E-state index contributed by atoms with van der Waals surface area (Å²) in [6, 6.07) is 4.58. The van der Waals surface area contributed by atoms with E-state index in [0.717, 1.165) is 43.6 Å². The van der Waals surface area contributed by atoms with Crippen LogP contribution in [0.4, 0.5) is 10.1 Å². The summed E-state index contributed by atoms with van der Waals surface area (Å²) in [5.74, 6) is -0.582. The highest BCUT2D eigenvalue weighted by atomic mass is 19.1. The molecule has 3 nitrogen and oxygen atoms in total. The lowest BCUT2D eigenvalue weighted by molar-refractivity contribution is -0.131. The summed E-state index contributed by atoms with van der Waals surface area (Å²) in [6.45, 7) is 4.11. The molecule has 0 aliphatic carbocycles. The Morgan fingerprint density at radius 2 is 2.14 bits per heavy atom. The molecule has 0 aromatic heterocycles. The van der Waals surface area contributed by atoms with Crippen molar-refractivity contribution in [3.8, 4) is 0 Å². The summed E-state index contributed by atoms with van der Waals surface area (Å²) in [6.07, 6.45) is 7.30. The van der Waals surface area contributed by atoms with E-state index in [1.165, 1.54) is 31.1 Å². The largest absolute Gasteiger partial charge is 0.478 e. The maximum Gasteiger partial charge on any atom is 0.328 e.